The summed E-state index contributed by atoms with van der Waals surface area (Å²) in [5, 5.41) is 11.5. The van der Waals surface area contributed by atoms with Crippen LogP contribution in [0.15, 0.2) is 65.8 Å². The van der Waals surface area contributed by atoms with Gasteiger partial charge in [-0.3, -0.25) is 9.13 Å². The fourth-order valence-corrected chi connectivity index (χ4v) is 3.90. The smallest absolute Gasteiger partial charge is 0.299 e. The molecule has 160 valence electrons. The Morgan fingerprint density at radius 2 is 1.81 bits per heavy atom. The summed E-state index contributed by atoms with van der Waals surface area (Å²) in [6.07, 6.45) is 5.46. The fraction of sp³-hybridized carbons (Fsp3) is 0.333. The second-order valence-corrected chi connectivity index (χ2v) is 8.25. The number of para-hydroxylation sites is 1. The van der Waals surface area contributed by atoms with Crippen LogP contribution in [0, 0.1) is 5.92 Å². The highest BCUT2D eigenvalue weighted by Crippen LogP contribution is 2.26. The highest BCUT2D eigenvalue weighted by Gasteiger charge is 2.13. The summed E-state index contributed by atoms with van der Waals surface area (Å²) in [5.74, 6) is 0.494. The van der Waals surface area contributed by atoms with Crippen LogP contribution >= 0.6 is 0 Å². The second kappa shape index (κ2) is 9.12. The van der Waals surface area contributed by atoms with Gasteiger partial charge in [0.05, 0.1) is 12.2 Å². The molecule has 2 aromatic heterocycles. The minimum Gasteiger partial charge on any atom is -0.299 e. The Labute approximate surface area is 182 Å². The minimum atomic E-state index is 0.0746. The van der Waals surface area contributed by atoms with Crippen molar-refractivity contribution < 1.29 is 0 Å². The van der Waals surface area contributed by atoms with Crippen LogP contribution in [-0.4, -0.2) is 29.3 Å². The maximum Gasteiger partial charge on any atom is 0.328 e. The molecule has 4 aromatic rings. The molecule has 0 saturated heterocycles. The number of hydrogen-bond acceptors (Lipinski definition) is 4. The minimum absolute atomic E-state index is 0.0746. The Bertz CT molecular complexity index is 1190. The van der Waals surface area contributed by atoms with Gasteiger partial charge >= 0.3 is 5.69 Å². The summed E-state index contributed by atoms with van der Waals surface area (Å²) in [4.78, 5) is 12.9. The molecule has 7 nitrogen and oxygen atoms in total. The molecule has 0 spiro atoms. The molecule has 0 N–H and O–H groups in total. The van der Waals surface area contributed by atoms with Gasteiger partial charge in [0.2, 0.25) is 0 Å². The Morgan fingerprint density at radius 1 is 1.03 bits per heavy atom. The van der Waals surface area contributed by atoms with E-state index in [2.05, 4.69) is 66.6 Å². The first-order valence-corrected chi connectivity index (χ1v) is 10.8. The van der Waals surface area contributed by atoms with Crippen LogP contribution in [0.3, 0.4) is 0 Å². The van der Waals surface area contributed by atoms with Crippen molar-refractivity contribution in [2.24, 2.45) is 5.92 Å². The Kier molecular flexibility index (Phi) is 6.11. The van der Waals surface area contributed by atoms with Crippen LogP contribution in [0.4, 0.5) is 0 Å². The first kappa shape index (κ1) is 20.8. The van der Waals surface area contributed by atoms with E-state index in [-0.39, 0.29) is 5.69 Å². The Hall–Kier alpha value is -3.48. The predicted octanol–water partition coefficient (Wildman–Crippen LogP) is 3.95. The SMILES string of the molecule is CCCn1cc(CC(C)C)n(Cc2ccc(-c3ccccc3-n3cnnn3)cc2)c1=O. The number of hydrogen-bond donors (Lipinski definition) is 0. The predicted molar refractivity (Wildman–Crippen MR) is 121 cm³/mol. The number of imidazole rings is 1. The lowest BCUT2D eigenvalue weighted by molar-refractivity contribution is 0.590. The zero-order chi connectivity index (χ0) is 21.8. The Morgan fingerprint density at radius 3 is 2.48 bits per heavy atom. The lowest BCUT2D eigenvalue weighted by atomic mass is 10.0. The van der Waals surface area contributed by atoms with E-state index in [1.54, 1.807) is 11.0 Å². The van der Waals surface area contributed by atoms with Gasteiger partial charge < -0.3 is 0 Å². The van der Waals surface area contributed by atoms with Crippen molar-refractivity contribution in [3.8, 4) is 16.8 Å². The Balaban J connectivity index is 1.63. The highest BCUT2D eigenvalue weighted by molar-refractivity contribution is 5.72. The van der Waals surface area contributed by atoms with E-state index in [4.69, 9.17) is 0 Å². The van der Waals surface area contributed by atoms with Gasteiger partial charge in [0.15, 0.2) is 0 Å². The lowest BCUT2D eigenvalue weighted by Gasteiger charge is -2.11. The average Bonchev–Trinajstić information content (AvgIpc) is 3.39. The van der Waals surface area contributed by atoms with Gasteiger partial charge in [-0.25, -0.2) is 4.79 Å². The van der Waals surface area contributed by atoms with Crippen molar-refractivity contribution in [3.05, 3.63) is 82.8 Å². The van der Waals surface area contributed by atoms with Gasteiger partial charge in [-0.05, 0) is 46.4 Å². The highest BCUT2D eigenvalue weighted by atomic mass is 16.1. The first-order valence-electron chi connectivity index (χ1n) is 10.8. The molecule has 0 aliphatic heterocycles. The van der Waals surface area contributed by atoms with Crippen molar-refractivity contribution in [2.45, 2.75) is 46.7 Å². The number of aryl methyl sites for hydroxylation is 1. The molecule has 0 aliphatic carbocycles. The van der Waals surface area contributed by atoms with Crippen molar-refractivity contribution in [1.82, 2.24) is 29.3 Å². The molecule has 2 heterocycles. The molecule has 2 aromatic carbocycles. The number of rotatable bonds is 8. The van der Waals surface area contributed by atoms with Gasteiger partial charge in [0.25, 0.3) is 0 Å². The lowest BCUT2D eigenvalue weighted by Crippen LogP contribution is -2.25. The standard InChI is InChI=1S/C24H28N6O/c1-4-13-28-16-21(14-18(2)3)29(24(28)31)15-19-9-11-20(12-10-19)22-7-5-6-8-23(22)30-17-25-26-27-30/h5-12,16-18H,4,13-15H2,1-3H3. The normalized spacial score (nSPS) is 11.4. The number of nitrogens with zero attached hydrogens (tertiary/aromatic N) is 6. The molecule has 0 atom stereocenters. The summed E-state index contributed by atoms with van der Waals surface area (Å²) in [7, 11) is 0. The maximum absolute atomic E-state index is 12.9. The third-order valence-corrected chi connectivity index (χ3v) is 5.32. The molecule has 0 amide bonds. The molecule has 4 rings (SSSR count). The zero-order valence-corrected chi connectivity index (χ0v) is 18.3. The third kappa shape index (κ3) is 4.50. The van der Waals surface area contributed by atoms with Gasteiger partial charge in [-0.15, -0.1) is 5.10 Å². The third-order valence-electron chi connectivity index (χ3n) is 5.32. The molecule has 0 radical (unpaired) electrons. The van der Waals surface area contributed by atoms with E-state index in [1.807, 2.05) is 33.5 Å². The van der Waals surface area contributed by atoms with Crippen LogP contribution in [0.2, 0.25) is 0 Å². The van der Waals surface area contributed by atoms with Crippen molar-refractivity contribution in [1.29, 1.82) is 0 Å². The molecule has 0 aliphatic rings. The van der Waals surface area contributed by atoms with Crippen molar-refractivity contribution in [2.75, 3.05) is 0 Å². The van der Waals surface area contributed by atoms with Gasteiger partial charge in [-0.1, -0.05) is 63.2 Å². The van der Waals surface area contributed by atoms with E-state index in [0.29, 0.717) is 12.5 Å². The maximum atomic E-state index is 12.9. The molecule has 31 heavy (non-hydrogen) atoms. The first-order chi connectivity index (χ1) is 15.1. The summed E-state index contributed by atoms with van der Waals surface area (Å²) < 4.78 is 5.42. The molecule has 0 fully saturated rings. The fourth-order valence-electron chi connectivity index (χ4n) is 3.90. The molecule has 7 heteroatoms. The zero-order valence-electron chi connectivity index (χ0n) is 18.3. The van der Waals surface area contributed by atoms with E-state index < -0.39 is 0 Å². The van der Waals surface area contributed by atoms with Crippen molar-refractivity contribution >= 4 is 0 Å². The number of aromatic nitrogens is 6. The molecular formula is C24H28N6O. The molecular weight excluding hydrogens is 388 g/mol. The largest absolute Gasteiger partial charge is 0.328 e. The van der Waals surface area contributed by atoms with E-state index >= 15 is 0 Å². The number of benzene rings is 2. The van der Waals surface area contributed by atoms with E-state index in [0.717, 1.165) is 47.5 Å². The van der Waals surface area contributed by atoms with Crippen molar-refractivity contribution in [3.63, 3.8) is 0 Å². The molecule has 0 bridgehead atoms. The molecule has 0 unspecified atom stereocenters. The van der Waals surface area contributed by atoms with Crippen LogP contribution in [0.5, 0.6) is 0 Å². The monoisotopic (exact) mass is 416 g/mol. The summed E-state index contributed by atoms with van der Waals surface area (Å²) >= 11 is 0. The molecule has 0 saturated carbocycles. The van der Waals surface area contributed by atoms with Crippen LogP contribution < -0.4 is 5.69 Å². The van der Waals surface area contributed by atoms with Crippen LogP contribution in [0.25, 0.3) is 16.8 Å². The second-order valence-electron chi connectivity index (χ2n) is 8.25. The summed E-state index contributed by atoms with van der Waals surface area (Å²) in [6.45, 7) is 7.79. The quantitative estimate of drug-likeness (QED) is 0.436. The van der Waals surface area contributed by atoms with Gasteiger partial charge in [0.1, 0.15) is 6.33 Å². The summed E-state index contributed by atoms with van der Waals surface area (Å²) in [6, 6.07) is 16.4. The van der Waals surface area contributed by atoms with Gasteiger partial charge in [-0.2, -0.15) is 4.68 Å². The topological polar surface area (TPSA) is 70.5 Å². The number of tetrazole rings is 1. The van der Waals surface area contributed by atoms with E-state index in [1.165, 1.54) is 0 Å². The van der Waals surface area contributed by atoms with Gasteiger partial charge in [0, 0.05) is 24.0 Å². The van der Waals surface area contributed by atoms with Crippen LogP contribution in [0.1, 0.15) is 38.4 Å². The van der Waals surface area contributed by atoms with Crippen LogP contribution in [-0.2, 0) is 19.5 Å². The summed E-state index contributed by atoms with van der Waals surface area (Å²) in [5.41, 5.74) is 5.32. The average molecular weight is 417 g/mol. The van der Waals surface area contributed by atoms with E-state index in [9.17, 15) is 4.79 Å².